The van der Waals surface area contributed by atoms with Gasteiger partial charge in [-0.3, -0.25) is 9.59 Å². The molecule has 1 heterocycles. The first-order valence-electron chi connectivity index (χ1n) is 6.66. The van der Waals surface area contributed by atoms with Crippen molar-refractivity contribution < 1.29 is 24.2 Å². The van der Waals surface area contributed by atoms with Crippen LogP contribution in [0.3, 0.4) is 0 Å². The van der Waals surface area contributed by atoms with E-state index in [-0.39, 0.29) is 0 Å². The van der Waals surface area contributed by atoms with Crippen LogP contribution < -0.4 is 14.8 Å². The second-order valence-electron chi connectivity index (χ2n) is 4.58. The van der Waals surface area contributed by atoms with Crippen LogP contribution in [0.1, 0.15) is 15.4 Å². The van der Waals surface area contributed by atoms with Gasteiger partial charge in [-0.05, 0) is 25.1 Å². The van der Waals surface area contributed by atoms with Crippen molar-refractivity contribution in [3.63, 3.8) is 0 Å². The minimum Gasteiger partial charge on any atom is -0.493 e. The summed E-state index contributed by atoms with van der Waals surface area (Å²) in [6, 6.07) is 5.35. The number of aromatic nitrogens is 1. The average Bonchev–Trinajstić information content (AvgIpc) is 2.93. The second kappa shape index (κ2) is 7.10. The van der Waals surface area contributed by atoms with Gasteiger partial charge in [-0.1, -0.05) is 0 Å². The van der Waals surface area contributed by atoms with E-state index in [0.717, 1.165) is 5.56 Å². The summed E-state index contributed by atoms with van der Waals surface area (Å²) in [4.78, 5) is 27.3. The molecule has 0 aliphatic heterocycles. The highest BCUT2D eigenvalue weighted by atomic mass is 32.1. The number of ether oxygens (including phenoxy) is 2. The fourth-order valence-corrected chi connectivity index (χ4v) is 2.91. The summed E-state index contributed by atoms with van der Waals surface area (Å²) in [5.74, 6) is -0.381. The van der Waals surface area contributed by atoms with Gasteiger partial charge in [-0.15, -0.1) is 11.3 Å². The Bertz CT molecular complexity index is 741. The van der Waals surface area contributed by atoms with Gasteiger partial charge in [0.05, 0.1) is 19.9 Å². The number of carboxylic acids is 1. The first-order chi connectivity index (χ1) is 11.0. The Hall–Kier alpha value is -2.61. The summed E-state index contributed by atoms with van der Waals surface area (Å²) in [7, 11) is 3.09. The Kier molecular flexibility index (Phi) is 5.17. The Balaban J connectivity index is 2.30. The zero-order valence-electron chi connectivity index (χ0n) is 12.9. The van der Waals surface area contributed by atoms with E-state index < -0.39 is 18.4 Å². The van der Waals surface area contributed by atoms with E-state index in [4.69, 9.17) is 14.6 Å². The van der Waals surface area contributed by atoms with Crippen LogP contribution in [0.25, 0.3) is 10.6 Å². The zero-order valence-corrected chi connectivity index (χ0v) is 13.7. The molecule has 0 spiro atoms. The lowest BCUT2D eigenvalue weighted by atomic mass is 10.2. The number of hydrogen-bond donors (Lipinski definition) is 2. The van der Waals surface area contributed by atoms with E-state index in [2.05, 4.69) is 10.3 Å². The number of methoxy groups -OCH3 is 2. The SMILES string of the molecule is COc1ccc(-c2nc(C)c(C(=O)NCC(=O)O)s2)cc1OC. The third-order valence-electron chi connectivity index (χ3n) is 3.03. The summed E-state index contributed by atoms with van der Waals surface area (Å²) in [6.07, 6.45) is 0. The first-order valence-corrected chi connectivity index (χ1v) is 7.47. The lowest BCUT2D eigenvalue weighted by Gasteiger charge is -2.08. The first kappa shape index (κ1) is 16.8. The number of thiazole rings is 1. The van der Waals surface area contributed by atoms with Gasteiger partial charge in [0.2, 0.25) is 0 Å². The summed E-state index contributed by atoms with van der Waals surface area (Å²) >= 11 is 1.19. The highest BCUT2D eigenvalue weighted by Crippen LogP contribution is 2.34. The largest absolute Gasteiger partial charge is 0.493 e. The molecule has 2 rings (SSSR count). The topological polar surface area (TPSA) is 97.8 Å². The maximum absolute atomic E-state index is 12.0. The summed E-state index contributed by atoms with van der Waals surface area (Å²) < 4.78 is 10.4. The quantitative estimate of drug-likeness (QED) is 0.837. The highest BCUT2D eigenvalue weighted by molar-refractivity contribution is 7.17. The van der Waals surface area contributed by atoms with Crippen molar-refractivity contribution in [3.05, 3.63) is 28.8 Å². The molecule has 0 fully saturated rings. The molecule has 1 amide bonds. The van der Waals surface area contributed by atoms with Gasteiger partial charge < -0.3 is 19.9 Å². The molecule has 0 aliphatic carbocycles. The smallest absolute Gasteiger partial charge is 0.322 e. The molecule has 7 nitrogen and oxygen atoms in total. The summed E-state index contributed by atoms with van der Waals surface area (Å²) in [5.41, 5.74) is 1.33. The van der Waals surface area contributed by atoms with Crippen molar-refractivity contribution >= 4 is 23.2 Å². The standard InChI is InChI=1S/C15H16N2O5S/c1-8-13(14(20)16-7-12(18)19)23-15(17-8)9-4-5-10(21-2)11(6-9)22-3/h4-6H,7H2,1-3H3,(H,16,20)(H,18,19). The number of nitrogens with one attached hydrogen (secondary N) is 1. The molecule has 0 atom stereocenters. The van der Waals surface area contributed by atoms with E-state index in [9.17, 15) is 9.59 Å². The monoisotopic (exact) mass is 336 g/mol. The number of nitrogens with zero attached hydrogens (tertiary/aromatic N) is 1. The van der Waals surface area contributed by atoms with Crippen LogP contribution >= 0.6 is 11.3 Å². The van der Waals surface area contributed by atoms with Gasteiger partial charge in [-0.2, -0.15) is 0 Å². The number of rotatable bonds is 6. The molecular weight excluding hydrogens is 320 g/mol. The van der Waals surface area contributed by atoms with Crippen LogP contribution in [-0.4, -0.2) is 42.7 Å². The van der Waals surface area contributed by atoms with Crippen molar-refractivity contribution in [2.75, 3.05) is 20.8 Å². The van der Waals surface area contributed by atoms with Crippen LogP contribution in [0.15, 0.2) is 18.2 Å². The number of carbonyl (C=O) groups excluding carboxylic acids is 1. The van der Waals surface area contributed by atoms with Gasteiger partial charge in [0.1, 0.15) is 16.4 Å². The van der Waals surface area contributed by atoms with Gasteiger partial charge in [0.25, 0.3) is 5.91 Å². The molecular formula is C15H16N2O5S. The molecule has 8 heteroatoms. The normalized spacial score (nSPS) is 10.2. The number of amides is 1. The summed E-state index contributed by atoms with van der Waals surface area (Å²) in [6.45, 7) is 1.28. The average molecular weight is 336 g/mol. The predicted molar refractivity (Wildman–Crippen MR) is 85.4 cm³/mol. The lowest BCUT2D eigenvalue weighted by molar-refractivity contribution is -0.135. The van der Waals surface area contributed by atoms with Crippen molar-refractivity contribution in [2.24, 2.45) is 0 Å². The number of carboxylic acid groups (broad SMARTS) is 1. The predicted octanol–water partition coefficient (Wildman–Crippen LogP) is 1.95. The zero-order chi connectivity index (χ0) is 17.0. The molecule has 0 unspecified atom stereocenters. The fourth-order valence-electron chi connectivity index (χ4n) is 1.94. The maximum atomic E-state index is 12.0. The molecule has 0 radical (unpaired) electrons. The third kappa shape index (κ3) is 3.78. The lowest BCUT2D eigenvalue weighted by Crippen LogP contribution is -2.29. The van der Waals surface area contributed by atoms with Crippen molar-refractivity contribution in [1.82, 2.24) is 10.3 Å². The second-order valence-corrected chi connectivity index (χ2v) is 5.58. The minimum atomic E-state index is -1.10. The third-order valence-corrected chi connectivity index (χ3v) is 4.24. The molecule has 0 saturated heterocycles. The Morgan fingerprint density at radius 3 is 2.57 bits per heavy atom. The summed E-state index contributed by atoms with van der Waals surface area (Å²) in [5, 5.41) is 11.6. The molecule has 2 N–H and O–H groups in total. The molecule has 2 aromatic rings. The number of benzene rings is 1. The van der Waals surface area contributed by atoms with E-state index in [1.807, 2.05) is 6.07 Å². The van der Waals surface area contributed by atoms with E-state index >= 15 is 0 Å². The molecule has 0 bridgehead atoms. The highest BCUT2D eigenvalue weighted by Gasteiger charge is 2.17. The molecule has 0 saturated carbocycles. The number of aliphatic carboxylic acids is 1. The minimum absolute atomic E-state index is 0.385. The van der Waals surface area contributed by atoms with Gasteiger partial charge >= 0.3 is 5.97 Å². The van der Waals surface area contributed by atoms with Crippen LogP contribution in [0, 0.1) is 6.92 Å². The van der Waals surface area contributed by atoms with E-state index in [1.54, 1.807) is 33.3 Å². The molecule has 122 valence electrons. The molecule has 1 aromatic carbocycles. The van der Waals surface area contributed by atoms with Crippen LogP contribution in [0.5, 0.6) is 11.5 Å². The number of aryl methyl sites for hydroxylation is 1. The maximum Gasteiger partial charge on any atom is 0.322 e. The van der Waals surface area contributed by atoms with Crippen LogP contribution in [0.2, 0.25) is 0 Å². The van der Waals surface area contributed by atoms with Crippen molar-refractivity contribution in [1.29, 1.82) is 0 Å². The van der Waals surface area contributed by atoms with Crippen LogP contribution in [-0.2, 0) is 4.79 Å². The molecule has 0 aliphatic rings. The van der Waals surface area contributed by atoms with Gasteiger partial charge in [0.15, 0.2) is 11.5 Å². The number of hydrogen-bond acceptors (Lipinski definition) is 6. The van der Waals surface area contributed by atoms with Crippen molar-refractivity contribution in [3.8, 4) is 22.1 Å². The Morgan fingerprint density at radius 2 is 1.96 bits per heavy atom. The Morgan fingerprint density at radius 1 is 1.26 bits per heavy atom. The van der Waals surface area contributed by atoms with Crippen molar-refractivity contribution in [2.45, 2.75) is 6.92 Å². The molecule has 1 aromatic heterocycles. The molecule has 23 heavy (non-hydrogen) atoms. The number of carbonyl (C=O) groups is 2. The van der Waals surface area contributed by atoms with Crippen LogP contribution in [0.4, 0.5) is 0 Å². The fraction of sp³-hybridized carbons (Fsp3) is 0.267. The van der Waals surface area contributed by atoms with E-state index in [0.29, 0.717) is 27.1 Å². The van der Waals surface area contributed by atoms with E-state index in [1.165, 1.54) is 11.3 Å². The van der Waals surface area contributed by atoms with Gasteiger partial charge in [0, 0.05) is 5.56 Å². The van der Waals surface area contributed by atoms with Gasteiger partial charge in [-0.25, -0.2) is 4.98 Å². The Labute approximate surface area is 136 Å².